The summed E-state index contributed by atoms with van der Waals surface area (Å²) in [6.07, 6.45) is 2.86. The molecule has 0 bridgehead atoms. The summed E-state index contributed by atoms with van der Waals surface area (Å²) in [5, 5.41) is 2.12. The third-order valence-electron chi connectivity index (χ3n) is 4.61. The molecule has 0 fully saturated rings. The molecule has 0 aliphatic rings. The van der Waals surface area contributed by atoms with Crippen LogP contribution in [0.2, 0.25) is 0 Å². The van der Waals surface area contributed by atoms with Gasteiger partial charge in [-0.15, -0.1) is 0 Å². The van der Waals surface area contributed by atoms with Gasteiger partial charge in [-0.05, 0) is 41.5 Å². The van der Waals surface area contributed by atoms with Crippen LogP contribution < -0.4 is 10.1 Å². The Labute approximate surface area is 189 Å². The molecule has 0 spiro atoms. The quantitative estimate of drug-likeness (QED) is 0.393. The zero-order valence-electron chi connectivity index (χ0n) is 17.7. The van der Waals surface area contributed by atoms with E-state index < -0.39 is 41.5 Å². The first-order valence-corrected chi connectivity index (χ1v) is 9.97. The van der Waals surface area contributed by atoms with Crippen LogP contribution in [0.25, 0.3) is 6.08 Å². The summed E-state index contributed by atoms with van der Waals surface area (Å²) in [5.41, 5.74) is 1.29. The van der Waals surface area contributed by atoms with Gasteiger partial charge in [0.15, 0.2) is 17.5 Å². The highest BCUT2D eigenvalue weighted by atomic mass is 19.2. The Hall–Kier alpha value is -4.07. The molecule has 2 amide bonds. The average Bonchev–Trinajstić information content (AvgIpc) is 2.82. The van der Waals surface area contributed by atoms with Gasteiger partial charge < -0.3 is 15.0 Å². The van der Waals surface area contributed by atoms with E-state index in [0.29, 0.717) is 18.4 Å². The zero-order chi connectivity index (χ0) is 23.8. The minimum Gasteiger partial charge on any atom is -0.489 e. The highest BCUT2D eigenvalue weighted by Gasteiger charge is 2.17. The second-order valence-electron chi connectivity index (χ2n) is 7.14. The molecule has 0 atom stereocenters. The maximum Gasteiger partial charge on any atom is 0.246 e. The normalized spacial score (nSPS) is 10.8. The molecule has 0 radical (unpaired) electrons. The maximum atomic E-state index is 13.7. The first-order valence-electron chi connectivity index (χ1n) is 9.97. The maximum absolute atomic E-state index is 13.7. The molecule has 0 aliphatic heterocycles. The molecule has 170 valence electrons. The largest absolute Gasteiger partial charge is 0.489 e. The molecule has 1 N–H and O–H groups in total. The van der Waals surface area contributed by atoms with Crippen molar-refractivity contribution in [1.82, 2.24) is 4.90 Å². The van der Waals surface area contributed by atoms with Crippen molar-refractivity contribution in [2.45, 2.75) is 6.61 Å². The Morgan fingerprint density at radius 1 is 0.939 bits per heavy atom. The summed E-state index contributed by atoms with van der Waals surface area (Å²) in [6, 6.07) is 18.5. The molecule has 3 rings (SSSR count). The molecule has 0 saturated heterocycles. The van der Waals surface area contributed by atoms with E-state index in [4.69, 9.17) is 4.74 Å². The Kier molecular flexibility index (Phi) is 7.86. The van der Waals surface area contributed by atoms with Crippen LogP contribution in [0.15, 0.2) is 72.8 Å². The lowest BCUT2D eigenvalue weighted by molar-refractivity contribution is -0.129. The van der Waals surface area contributed by atoms with Gasteiger partial charge in [-0.3, -0.25) is 9.59 Å². The van der Waals surface area contributed by atoms with E-state index in [1.54, 1.807) is 30.3 Å². The van der Waals surface area contributed by atoms with Gasteiger partial charge in [-0.1, -0.05) is 42.5 Å². The number of carbonyl (C=O) groups is 2. The van der Waals surface area contributed by atoms with E-state index in [2.05, 4.69) is 5.32 Å². The van der Waals surface area contributed by atoms with Crippen LogP contribution >= 0.6 is 0 Å². The summed E-state index contributed by atoms with van der Waals surface area (Å²) in [6.45, 7) is 0.0315. The third kappa shape index (κ3) is 6.70. The van der Waals surface area contributed by atoms with Gasteiger partial charge in [0.2, 0.25) is 11.8 Å². The zero-order valence-corrected chi connectivity index (χ0v) is 17.7. The fourth-order valence-corrected chi connectivity index (χ4v) is 2.82. The van der Waals surface area contributed by atoms with Gasteiger partial charge >= 0.3 is 0 Å². The molecule has 0 heterocycles. The molecule has 33 heavy (non-hydrogen) atoms. The van der Waals surface area contributed by atoms with Crippen LogP contribution in [-0.2, 0) is 16.2 Å². The number of nitrogens with zero attached hydrogens (tertiary/aromatic N) is 1. The highest BCUT2D eigenvalue weighted by Crippen LogP contribution is 2.19. The fraction of sp³-hybridized carbons (Fsp3) is 0.120. The van der Waals surface area contributed by atoms with Crippen LogP contribution in [0.1, 0.15) is 11.1 Å². The van der Waals surface area contributed by atoms with Gasteiger partial charge in [-0.2, -0.15) is 0 Å². The Morgan fingerprint density at radius 3 is 2.33 bits per heavy atom. The summed E-state index contributed by atoms with van der Waals surface area (Å²) in [4.78, 5) is 25.4. The van der Waals surface area contributed by atoms with Gasteiger partial charge in [0.05, 0.1) is 12.2 Å². The van der Waals surface area contributed by atoms with Crippen molar-refractivity contribution in [3.05, 3.63) is 101 Å². The Balaban J connectivity index is 1.50. The predicted molar refractivity (Wildman–Crippen MR) is 119 cm³/mol. The number of rotatable bonds is 8. The number of nitrogens with one attached hydrogen (secondary N) is 1. The van der Waals surface area contributed by atoms with Crippen LogP contribution in [0.4, 0.5) is 18.9 Å². The van der Waals surface area contributed by atoms with Crippen molar-refractivity contribution < 1.29 is 27.5 Å². The van der Waals surface area contributed by atoms with E-state index in [9.17, 15) is 22.8 Å². The van der Waals surface area contributed by atoms with Crippen molar-refractivity contribution in [2.24, 2.45) is 0 Å². The minimum atomic E-state index is -1.68. The van der Waals surface area contributed by atoms with E-state index in [0.717, 1.165) is 22.1 Å². The topological polar surface area (TPSA) is 58.6 Å². The first kappa shape index (κ1) is 23.6. The van der Waals surface area contributed by atoms with Crippen LogP contribution in [0.5, 0.6) is 5.75 Å². The van der Waals surface area contributed by atoms with E-state index in [-0.39, 0.29) is 0 Å². The summed E-state index contributed by atoms with van der Waals surface area (Å²) in [5.74, 6) is -5.10. The number of anilines is 1. The van der Waals surface area contributed by atoms with Crippen LogP contribution in [0, 0.1) is 17.5 Å². The number of halogens is 3. The van der Waals surface area contributed by atoms with Gasteiger partial charge in [0, 0.05) is 13.1 Å². The second-order valence-corrected chi connectivity index (χ2v) is 7.14. The lowest BCUT2D eigenvalue weighted by atomic mass is 10.2. The SMILES string of the molecule is CN(CC(=O)Nc1ccc(F)c(F)c1F)C(=O)C=Cc1ccc(OCc2ccccc2)cc1. The predicted octanol–water partition coefficient (Wildman–Crippen LogP) is 4.79. The van der Waals surface area contributed by atoms with Crippen molar-refractivity contribution in [3.63, 3.8) is 0 Å². The number of carbonyl (C=O) groups excluding carboxylic acids is 2. The van der Waals surface area contributed by atoms with Crippen LogP contribution in [0.3, 0.4) is 0 Å². The molecule has 0 aromatic heterocycles. The molecular formula is C25H21F3N2O3. The first-order chi connectivity index (χ1) is 15.8. The van der Waals surface area contributed by atoms with Gasteiger partial charge in [0.25, 0.3) is 0 Å². The molecule has 3 aromatic carbocycles. The summed E-state index contributed by atoms with van der Waals surface area (Å²) < 4.78 is 45.6. The van der Waals surface area contributed by atoms with E-state index in [1.165, 1.54) is 13.1 Å². The molecule has 0 aliphatic carbocycles. The number of ether oxygens (including phenoxy) is 1. The lowest BCUT2D eigenvalue weighted by Crippen LogP contribution is -2.34. The van der Waals surface area contributed by atoms with Crippen molar-refractivity contribution in [2.75, 3.05) is 18.9 Å². The number of benzene rings is 3. The molecule has 5 nitrogen and oxygen atoms in total. The monoisotopic (exact) mass is 454 g/mol. The third-order valence-corrected chi connectivity index (χ3v) is 4.61. The number of likely N-dealkylation sites (N-methyl/N-ethyl adjacent to an activating group) is 1. The van der Waals surface area contributed by atoms with Crippen molar-refractivity contribution >= 4 is 23.6 Å². The minimum absolute atomic E-state index is 0.409. The second kappa shape index (κ2) is 11.0. The standard InChI is InChI=1S/C25H21F3N2O3/c1-30(15-22(31)29-21-13-12-20(26)24(27)25(21)28)23(32)14-9-17-7-10-19(11-8-17)33-16-18-5-3-2-4-6-18/h2-14H,15-16H2,1H3,(H,29,31). The Morgan fingerprint density at radius 2 is 1.64 bits per heavy atom. The van der Waals surface area contributed by atoms with Crippen molar-refractivity contribution in [1.29, 1.82) is 0 Å². The summed E-state index contributed by atoms with van der Waals surface area (Å²) >= 11 is 0. The number of hydrogen-bond donors (Lipinski definition) is 1. The fourth-order valence-electron chi connectivity index (χ4n) is 2.82. The Bertz CT molecular complexity index is 1150. The number of amides is 2. The van der Waals surface area contributed by atoms with E-state index in [1.807, 2.05) is 30.3 Å². The van der Waals surface area contributed by atoms with Crippen molar-refractivity contribution in [3.8, 4) is 5.75 Å². The smallest absolute Gasteiger partial charge is 0.246 e. The lowest BCUT2D eigenvalue weighted by Gasteiger charge is -2.15. The van der Waals surface area contributed by atoms with E-state index >= 15 is 0 Å². The molecule has 3 aromatic rings. The average molecular weight is 454 g/mol. The van der Waals surface area contributed by atoms with Crippen LogP contribution in [-0.4, -0.2) is 30.3 Å². The molecule has 0 unspecified atom stereocenters. The highest BCUT2D eigenvalue weighted by molar-refractivity contribution is 5.97. The molecular weight excluding hydrogens is 433 g/mol. The number of hydrogen-bond acceptors (Lipinski definition) is 3. The molecule has 8 heteroatoms. The molecule has 0 saturated carbocycles. The van der Waals surface area contributed by atoms with Gasteiger partial charge in [0.1, 0.15) is 12.4 Å². The van der Waals surface area contributed by atoms with Gasteiger partial charge in [-0.25, -0.2) is 13.2 Å². The summed E-state index contributed by atoms with van der Waals surface area (Å²) in [7, 11) is 1.38.